The van der Waals surface area contributed by atoms with Crippen molar-refractivity contribution in [2.24, 2.45) is 0 Å². The molecule has 0 heterocycles. The lowest BCUT2D eigenvalue weighted by Gasteiger charge is -2.17. The highest BCUT2D eigenvalue weighted by molar-refractivity contribution is 7.82. The number of phenolic OH excluding ortho intramolecular Hbond substituents is 1. The summed E-state index contributed by atoms with van der Waals surface area (Å²) >= 11 is 3.98. The largest absolute Gasteiger partial charge is 0.504 e. The first kappa shape index (κ1) is 19.2. The van der Waals surface area contributed by atoms with E-state index in [1.165, 1.54) is 20.3 Å². The monoisotopic (exact) mass is 385 g/mol. The fraction of sp³-hybridized carbons (Fsp3) is 0.294. The average molecular weight is 386 g/mol. The molecule has 8 heteroatoms. The molecule has 2 aromatic carbocycles. The maximum Gasteiger partial charge on any atom is 0.316 e. The van der Waals surface area contributed by atoms with E-state index in [9.17, 15) is 9.32 Å². The molecule has 1 atom stereocenters. The number of ether oxygens (including phenoxy) is 2. The van der Waals surface area contributed by atoms with Crippen LogP contribution in [0.25, 0.3) is 0 Å². The van der Waals surface area contributed by atoms with E-state index >= 15 is 0 Å². The highest BCUT2D eigenvalue weighted by Gasteiger charge is 2.21. The van der Waals surface area contributed by atoms with E-state index in [-0.39, 0.29) is 28.0 Å². The summed E-state index contributed by atoms with van der Waals surface area (Å²) in [6.07, 6.45) is 0. The molecule has 1 unspecified atom stereocenters. The number of halogens is 1. The summed E-state index contributed by atoms with van der Waals surface area (Å²) in [5.74, 6) is 0.642. The second kappa shape index (κ2) is 7.84. The molecule has 0 spiro atoms. The number of aromatic hydroxyl groups is 1. The zero-order valence-corrected chi connectivity index (χ0v) is 16.2. The second-order valence-corrected chi connectivity index (χ2v) is 6.71. The lowest BCUT2D eigenvalue weighted by atomic mass is 10.1. The molecule has 0 aliphatic rings. The maximum atomic E-state index is 12.4. The number of anilines is 1. The molecule has 136 valence electrons. The number of benzene rings is 2. The normalized spacial score (nSPS) is 11.8. The van der Waals surface area contributed by atoms with Gasteiger partial charge >= 0.3 is 11.3 Å². The van der Waals surface area contributed by atoms with Crippen molar-refractivity contribution in [3.63, 3.8) is 0 Å². The number of hydrogen-bond donors (Lipinski definition) is 2. The minimum atomic E-state index is -1.99. The fourth-order valence-electron chi connectivity index (χ4n) is 2.53. The number of methoxy groups -OCH3 is 2. The average Bonchev–Trinajstić information content (AvgIpc) is 2.54. The van der Waals surface area contributed by atoms with E-state index in [2.05, 4.69) is 4.72 Å². The van der Waals surface area contributed by atoms with Crippen molar-refractivity contribution in [1.29, 1.82) is 0 Å². The number of hydrogen-bond acceptors (Lipinski definition) is 5. The Morgan fingerprint density at radius 3 is 2.16 bits per heavy atom. The lowest BCUT2D eigenvalue weighted by molar-refractivity contribution is 0.353. The van der Waals surface area contributed by atoms with Crippen LogP contribution in [-0.2, 0) is 11.3 Å². The van der Waals surface area contributed by atoms with Crippen LogP contribution in [0.1, 0.15) is 16.7 Å². The van der Waals surface area contributed by atoms with Gasteiger partial charge in [0, 0.05) is 6.07 Å². The summed E-state index contributed by atoms with van der Waals surface area (Å²) in [6.45, 7) is 5.71. The molecule has 0 radical (unpaired) electrons. The molecule has 0 amide bonds. The SMILES string of the molecule is COc1cc(Cl)c(O)c(NS(=O)Oc2c(C)cc(C)cc2C)c1OC. The van der Waals surface area contributed by atoms with Gasteiger partial charge in [-0.25, -0.2) is 0 Å². The number of phenols is 1. The fourth-order valence-corrected chi connectivity index (χ4v) is 3.53. The molecule has 0 saturated heterocycles. The standard InChI is InChI=1S/C17H20ClNO5S/c1-9-6-10(2)16(11(3)7-9)24-25(21)19-14-15(20)12(18)8-13(22-4)17(14)23-5/h6-8,19-20H,1-5H3. The van der Waals surface area contributed by atoms with Crippen LogP contribution in [0.4, 0.5) is 5.69 Å². The lowest BCUT2D eigenvalue weighted by Crippen LogP contribution is -2.13. The molecule has 0 aliphatic carbocycles. The topological polar surface area (TPSA) is 77.0 Å². The molecule has 25 heavy (non-hydrogen) atoms. The van der Waals surface area contributed by atoms with Crippen LogP contribution in [0.2, 0.25) is 5.02 Å². The minimum absolute atomic E-state index is 0.0209. The maximum absolute atomic E-state index is 12.4. The molecule has 0 aromatic heterocycles. The van der Waals surface area contributed by atoms with Crippen molar-refractivity contribution in [2.75, 3.05) is 18.9 Å². The van der Waals surface area contributed by atoms with Crippen LogP contribution in [-0.4, -0.2) is 23.5 Å². The molecule has 2 aromatic rings. The van der Waals surface area contributed by atoms with E-state index in [0.717, 1.165) is 16.7 Å². The number of rotatable bonds is 6. The van der Waals surface area contributed by atoms with Gasteiger partial charge in [-0.15, -0.1) is 0 Å². The van der Waals surface area contributed by atoms with Gasteiger partial charge < -0.3 is 18.8 Å². The van der Waals surface area contributed by atoms with Crippen molar-refractivity contribution in [2.45, 2.75) is 20.8 Å². The van der Waals surface area contributed by atoms with Gasteiger partial charge in [0.15, 0.2) is 17.2 Å². The first-order valence-corrected chi connectivity index (χ1v) is 8.81. The van der Waals surface area contributed by atoms with Gasteiger partial charge in [-0.05, 0) is 31.9 Å². The van der Waals surface area contributed by atoms with Gasteiger partial charge in [0.05, 0.1) is 19.2 Å². The van der Waals surface area contributed by atoms with Gasteiger partial charge in [0.25, 0.3) is 0 Å². The Morgan fingerprint density at radius 1 is 1.04 bits per heavy atom. The molecule has 0 aliphatic heterocycles. The molecule has 0 saturated carbocycles. The first-order chi connectivity index (χ1) is 11.8. The van der Waals surface area contributed by atoms with Crippen LogP contribution < -0.4 is 18.4 Å². The molecule has 0 fully saturated rings. The summed E-state index contributed by atoms with van der Waals surface area (Å²) in [5, 5.41) is 10.2. The zero-order chi connectivity index (χ0) is 18.7. The third kappa shape index (κ3) is 4.11. The summed E-state index contributed by atoms with van der Waals surface area (Å²) in [7, 11) is 2.83. The summed E-state index contributed by atoms with van der Waals surface area (Å²) < 4.78 is 30.9. The number of nitrogens with one attached hydrogen (secondary N) is 1. The predicted octanol–water partition coefficient (Wildman–Crippen LogP) is 4.06. The first-order valence-electron chi connectivity index (χ1n) is 7.36. The molecular formula is C17H20ClNO5S. The summed E-state index contributed by atoms with van der Waals surface area (Å²) in [4.78, 5) is 0. The van der Waals surface area contributed by atoms with Crippen molar-refractivity contribution >= 4 is 28.6 Å². The highest BCUT2D eigenvalue weighted by atomic mass is 35.5. The van der Waals surface area contributed by atoms with Crippen molar-refractivity contribution in [3.05, 3.63) is 39.9 Å². The Balaban J connectivity index is 2.34. The van der Waals surface area contributed by atoms with Crippen LogP contribution >= 0.6 is 11.6 Å². The molecule has 2 N–H and O–H groups in total. The van der Waals surface area contributed by atoms with Crippen molar-refractivity contribution in [1.82, 2.24) is 0 Å². The van der Waals surface area contributed by atoms with Crippen molar-refractivity contribution in [3.8, 4) is 23.0 Å². The number of aryl methyl sites for hydroxylation is 3. The molecule has 0 bridgehead atoms. The summed E-state index contributed by atoms with van der Waals surface area (Å²) in [5.41, 5.74) is 2.81. The van der Waals surface area contributed by atoms with Crippen molar-refractivity contribution < 1.29 is 23.0 Å². The molecule has 6 nitrogen and oxygen atoms in total. The Morgan fingerprint density at radius 2 is 1.64 bits per heavy atom. The smallest absolute Gasteiger partial charge is 0.316 e. The van der Waals surface area contributed by atoms with E-state index in [1.54, 1.807) is 0 Å². The van der Waals surface area contributed by atoms with Crippen LogP contribution in [0.3, 0.4) is 0 Å². The van der Waals surface area contributed by atoms with Gasteiger partial charge in [-0.1, -0.05) is 29.3 Å². The third-order valence-electron chi connectivity index (χ3n) is 3.54. The minimum Gasteiger partial charge on any atom is -0.504 e. The van der Waals surface area contributed by atoms with E-state index in [1.807, 2.05) is 32.9 Å². The van der Waals surface area contributed by atoms with Gasteiger partial charge in [0.1, 0.15) is 11.4 Å². The van der Waals surface area contributed by atoms with E-state index in [0.29, 0.717) is 5.75 Å². The van der Waals surface area contributed by atoms with Crippen LogP contribution in [0.5, 0.6) is 23.0 Å². The van der Waals surface area contributed by atoms with Gasteiger partial charge in [0.2, 0.25) is 0 Å². The van der Waals surface area contributed by atoms with Crippen LogP contribution in [0.15, 0.2) is 18.2 Å². The molecule has 2 rings (SSSR count). The predicted molar refractivity (Wildman–Crippen MR) is 99.3 cm³/mol. The van der Waals surface area contributed by atoms with Gasteiger partial charge in [-0.2, -0.15) is 4.21 Å². The second-order valence-electron chi connectivity index (χ2n) is 5.47. The van der Waals surface area contributed by atoms with Gasteiger partial charge in [-0.3, -0.25) is 4.72 Å². The molecular weight excluding hydrogens is 366 g/mol. The third-order valence-corrected chi connectivity index (χ3v) is 4.52. The Kier molecular flexibility index (Phi) is 6.02. The Hall–Kier alpha value is -2.12. The quantitative estimate of drug-likeness (QED) is 0.733. The zero-order valence-electron chi connectivity index (χ0n) is 14.6. The Bertz CT molecular complexity index is 802. The van der Waals surface area contributed by atoms with E-state index < -0.39 is 11.3 Å². The summed E-state index contributed by atoms with van der Waals surface area (Å²) in [6, 6.07) is 5.26. The van der Waals surface area contributed by atoms with Crippen LogP contribution in [0, 0.1) is 20.8 Å². The van der Waals surface area contributed by atoms with E-state index in [4.69, 9.17) is 25.3 Å². The highest BCUT2D eigenvalue weighted by Crippen LogP contribution is 2.46. The Labute approximate surface area is 154 Å².